The second-order valence-corrected chi connectivity index (χ2v) is 6.68. The zero-order chi connectivity index (χ0) is 20.5. The number of carboxylic acid groups (broad SMARTS) is 2. The lowest BCUT2D eigenvalue weighted by Gasteiger charge is -2.18. The van der Waals surface area contributed by atoms with Crippen LogP contribution in [-0.2, 0) is 20.8 Å². The van der Waals surface area contributed by atoms with Crippen molar-refractivity contribution in [1.29, 1.82) is 0 Å². The minimum Gasteiger partial charge on any atom is -0.481 e. The van der Waals surface area contributed by atoms with Gasteiger partial charge in [-0.15, -0.1) is 0 Å². The van der Waals surface area contributed by atoms with Crippen LogP contribution in [0.3, 0.4) is 0 Å². The van der Waals surface area contributed by atoms with Gasteiger partial charge in [-0.05, 0) is 48.4 Å². The molecule has 0 radical (unpaired) electrons. The van der Waals surface area contributed by atoms with Gasteiger partial charge in [0, 0.05) is 18.5 Å². The molecule has 6 heteroatoms. The van der Waals surface area contributed by atoms with E-state index in [1.807, 2.05) is 49.4 Å². The molecular formula is C22H25NO5. The van der Waals surface area contributed by atoms with Crippen LogP contribution < -0.4 is 5.32 Å². The standard InChI is InChI=1S/C22H25NO5/c1-15-18(16-7-3-2-4-8-16)12-11-17(9-5-6-10-20(25)26)22(15)23-19(24)13-14-21(27)28/h2-4,7-8,11-12H,5-6,9-10,13-14H2,1H3,(H,23,24)(H,25,26)(H,27,28). The molecule has 0 aliphatic rings. The summed E-state index contributed by atoms with van der Waals surface area (Å²) in [5.41, 5.74) is 4.53. The van der Waals surface area contributed by atoms with Gasteiger partial charge < -0.3 is 15.5 Å². The molecule has 0 unspecified atom stereocenters. The van der Waals surface area contributed by atoms with E-state index in [1.165, 1.54) is 0 Å². The lowest BCUT2D eigenvalue weighted by atomic mass is 9.94. The molecule has 3 N–H and O–H groups in total. The maximum atomic E-state index is 12.2. The Morgan fingerprint density at radius 3 is 2.18 bits per heavy atom. The Morgan fingerprint density at radius 2 is 1.54 bits per heavy atom. The van der Waals surface area contributed by atoms with Crippen molar-refractivity contribution in [2.24, 2.45) is 0 Å². The van der Waals surface area contributed by atoms with Crippen molar-refractivity contribution >= 4 is 23.5 Å². The van der Waals surface area contributed by atoms with Crippen LogP contribution in [0, 0.1) is 6.92 Å². The molecular weight excluding hydrogens is 358 g/mol. The topological polar surface area (TPSA) is 104 Å². The van der Waals surface area contributed by atoms with Gasteiger partial charge in [-0.25, -0.2) is 0 Å². The predicted octanol–water partition coefficient (Wildman–Crippen LogP) is 4.26. The van der Waals surface area contributed by atoms with Crippen LogP contribution in [0.4, 0.5) is 5.69 Å². The Balaban J connectivity index is 2.27. The minimum absolute atomic E-state index is 0.0945. The Bertz CT molecular complexity index is 846. The van der Waals surface area contributed by atoms with Gasteiger partial charge in [-0.2, -0.15) is 0 Å². The largest absolute Gasteiger partial charge is 0.481 e. The van der Waals surface area contributed by atoms with Gasteiger partial charge in [0.2, 0.25) is 5.91 Å². The average molecular weight is 383 g/mol. The number of hydrogen-bond donors (Lipinski definition) is 3. The summed E-state index contributed by atoms with van der Waals surface area (Å²) >= 11 is 0. The van der Waals surface area contributed by atoms with E-state index in [2.05, 4.69) is 5.32 Å². The van der Waals surface area contributed by atoms with E-state index < -0.39 is 11.9 Å². The number of amides is 1. The highest BCUT2D eigenvalue weighted by molar-refractivity contribution is 5.95. The smallest absolute Gasteiger partial charge is 0.303 e. The van der Waals surface area contributed by atoms with Crippen molar-refractivity contribution in [3.05, 3.63) is 53.6 Å². The third-order valence-electron chi connectivity index (χ3n) is 4.55. The third-order valence-corrected chi connectivity index (χ3v) is 4.55. The van der Waals surface area contributed by atoms with Crippen LogP contribution in [0.5, 0.6) is 0 Å². The quantitative estimate of drug-likeness (QED) is 0.532. The van der Waals surface area contributed by atoms with Gasteiger partial charge in [0.15, 0.2) is 0 Å². The van der Waals surface area contributed by atoms with E-state index in [0.717, 1.165) is 22.3 Å². The molecule has 0 saturated heterocycles. The van der Waals surface area contributed by atoms with E-state index in [1.54, 1.807) is 0 Å². The number of benzene rings is 2. The molecule has 0 fully saturated rings. The average Bonchev–Trinajstić information content (AvgIpc) is 2.66. The first kappa shape index (κ1) is 21.2. The summed E-state index contributed by atoms with van der Waals surface area (Å²) in [5, 5.41) is 20.5. The van der Waals surface area contributed by atoms with E-state index in [-0.39, 0.29) is 25.2 Å². The predicted molar refractivity (Wildman–Crippen MR) is 107 cm³/mol. The number of aryl methyl sites for hydroxylation is 1. The van der Waals surface area contributed by atoms with E-state index >= 15 is 0 Å². The second-order valence-electron chi connectivity index (χ2n) is 6.68. The summed E-state index contributed by atoms with van der Waals surface area (Å²) in [6, 6.07) is 13.8. The Morgan fingerprint density at radius 1 is 0.857 bits per heavy atom. The minimum atomic E-state index is -1.01. The van der Waals surface area contributed by atoms with Crippen LogP contribution in [0.25, 0.3) is 11.1 Å². The second kappa shape index (κ2) is 10.3. The molecule has 2 aromatic rings. The van der Waals surface area contributed by atoms with Gasteiger partial charge in [-0.3, -0.25) is 14.4 Å². The van der Waals surface area contributed by atoms with Crippen LogP contribution in [0.1, 0.15) is 43.2 Å². The van der Waals surface area contributed by atoms with Gasteiger partial charge >= 0.3 is 11.9 Å². The fourth-order valence-electron chi connectivity index (χ4n) is 3.09. The van der Waals surface area contributed by atoms with Gasteiger partial charge in [0.25, 0.3) is 0 Å². The normalized spacial score (nSPS) is 10.5. The highest BCUT2D eigenvalue weighted by Gasteiger charge is 2.15. The molecule has 0 bridgehead atoms. The molecule has 1 amide bonds. The summed E-state index contributed by atoms with van der Waals surface area (Å²) in [4.78, 5) is 33.7. The lowest BCUT2D eigenvalue weighted by Crippen LogP contribution is -2.16. The number of rotatable bonds is 10. The number of nitrogens with one attached hydrogen (secondary N) is 1. The Labute approximate surface area is 164 Å². The first-order chi connectivity index (χ1) is 13.4. The van der Waals surface area contributed by atoms with Crippen LogP contribution in [-0.4, -0.2) is 28.1 Å². The zero-order valence-electron chi connectivity index (χ0n) is 15.9. The van der Waals surface area contributed by atoms with Crippen molar-refractivity contribution in [1.82, 2.24) is 0 Å². The first-order valence-electron chi connectivity index (χ1n) is 9.30. The molecule has 6 nitrogen and oxygen atoms in total. The molecule has 2 rings (SSSR count). The van der Waals surface area contributed by atoms with Crippen molar-refractivity contribution in [3.8, 4) is 11.1 Å². The van der Waals surface area contributed by atoms with Crippen LogP contribution in [0.15, 0.2) is 42.5 Å². The van der Waals surface area contributed by atoms with E-state index in [4.69, 9.17) is 10.2 Å². The fourth-order valence-corrected chi connectivity index (χ4v) is 3.09. The third kappa shape index (κ3) is 6.23. The maximum Gasteiger partial charge on any atom is 0.303 e. The molecule has 0 aliphatic heterocycles. The van der Waals surface area contributed by atoms with Crippen molar-refractivity contribution in [2.45, 2.75) is 45.4 Å². The molecule has 0 saturated carbocycles. The molecule has 0 heterocycles. The van der Waals surface area contributed by atoms with Gasteiger partial charge in [-0.1, -0.05) is 42.5 Å². The number of carbonyl (C=O) groups is 3. The van der Waals surface area contributed by atoms with Crippen molar-refractivity contribution < 1.29 is 24.6 Å². The SMILES string of the molecule is Cc1c(-c2ccccc2)ccc(CCCCC(=O)O)c1NC(=O)CCC(=O)O. The lowest BCUT2D eigenvalue weighted by molar-refractivity contribution is -0.138. The summed E-state index contributed by atoms with van der Waals surface area (Å²) < 4.78 is 0. The fraction of sp³-hybridized carbons (Fsp3) is 0.318. The Hall–Kier alpha value is -3.15. The number of carbonyl (C=O) groups excluding carboxylic acids is 1. The van der Waals surface area contributed by atoms with Crippen LogP contribution in [0.2, 0.25) is 0 Å². The monoisotopic (exact) mass is 383 g/mol. The van der Waals surface area contributed by atoms with Gasteiger partial charge in [0.05, 0.1) is 6.42 Å². The summed E-state index contributed by atoms with van der Waals surface area (Å²) in [5.74, 6) is -2.18. The first-order valence-corrected chi connectivity index (χ1v) is 9.30. The zero-order valence-corrected chi connectivity index (χ0v) is 15.9. The Kier molecular flexibility index (Phi) is 7.75. The highest BCUT2D eigenvalue weighted by Crippen LogP contribution is 2.32. The number of unbranched alkanes of at least 4 members (excludes halogenated alkanes) is 1. The molecule has 0 aromatic heterocycles. The molecule has 0 atom stereocenters. The molecule has 0 spiro atoms. The molecule has 28 heavy (non-hydrogen) atoms. The number of hydrogen-bond acceptors (Lipinski definition) is 3. The van der Waals surface area contributed by atoms with Gasteiger partial charge in [0.1, 0.15) is 0 Å². The summed E-state index contributed by atoms with van der Waals surface area (Å²) in [7, 11) is 0. The maximum absolute atomic E-state index is 12.2. The summed E-state index contributed by atoms with van der Waals surface area (Å²) in [6.45, 7) is 1.93. The number of carboxylic acids is 2. The van der Waals surface area contributed by atoms with Crippen molar-refractivity contribution in [2.75, 3.05) is 5.32 Å². The molecule has 0 aliphatic carbocycles. The number of aliphatic carboxylic acids is 2. The highest BCUT2D eigenvalue weighted by atomic mass is 16.4. The van der Waals surface area contributed by atoms with Crippen molar-refractivity contribution in [3.63, 3.8) is 0 Å². The van der Waals surface area contributed by atoms with E-state index in [9.17, 15) is 14.4 Å². The molecule has 148 valence electrons. The summed E-state index contributed by atoms with van der Waals surface area (Å²) in [6.07, 6.45) is 1.68. The van der Waals surface area contributed by atoms with Crippen LogP contribution >= 0.6 is 0 Å². The molecule has 2 aromatic carbocycles. The number of anilines is 1. The van der Waals surface area contributed by atoms with E-state index in [0.29, 0.717) is 24.9 Å².